The van der Waals surface area contributed by atoms with Gasteiger partial charge in [-0.15, -0.1) is 0 Å². The Morgan fingerprint density at radius 1 is 1.24 bits per heavy atom. The van der Waals surface area contributed by atoms with Gasteiger partial charge in [-0.25, -0.2) is 4.79 Å². The summed E-state index contributed by atoms with van der Waals surface area (Å²) in [5.41, 5.74) is 1.84. The van der Waals surface area contributed by atoms with Crippen LogP contribution in [0, 0.1) is 0 Å². The number of hydrogen-bond donors (Lipinski definition) is 0. The quantitative estimate of drug-likeness (QED) is 0.617. The molecule has 0 amide bonds. The first-order valence-corrected chi connectivity index (χ1v) is 6.75. The van der Waals surface area contributed by atoms with Gasteiger partial charge in [0, 0.05) is 24.9 Å². The Balaban J connectivity index is 1.85. The zero-order chi connectivity index (χ0) is 14.7. The van der Waals surface area contributed by atoms with Crippen LogP contribution in [0.25, 0.3) is 0 Å². The Morgan fingerprint density at radius 3 is 2.62 bits per heavy atom. The number of hydrogen-bond acceptors (Lipinski definition) is 6. The van der Waals surface area contributed by atoms with Crippen molar-refractivity contribution in [1.82, 2.24) is 4.90 Å². The Morgan fingerprint density at radius 2 is 1.95 bits per heavy atom. The van der Waals surface area contributed by atoms with Crippen molar-refractivity contribution in [2.75, 3.05) is 33.4 Å². The van der Waals surface area contributed by atoms with E-state index in [9.17, 15) is 4.79 Å². The molecule has 0 aliphatic carbocycles. The van der Waals surface area contributed by atoms with E-state index in [-0.39, 0.29) is 0 Å². The topological polar surface area (TPSA) is 60.4 Å². The lowest BCUT2D eigenvalue weighted by atomic mass is 10.0. The van der Waals surface area contributed by atoms with Crippen molar-refractivity contribution in [3.63, 3.8) is 0 Å². The van der Waals surface area contributed by atoms with E-state index in [1.807, 2.05) is 29.2 Å². The highest BCUT2D eigenvalue weighted by Crippen LogP contribution is 2.21. The predicted octanol–water partition coefficient (Wildman–Crippen LogP) is 1.17. The SMILES string of the molecule is COc1ccc(C2=NOC(=O)/C2=C\N2CCOCC2)cc1. The zero-order valence-corrected chi connectivity index (χ0v) is 11.7. The zero-order valence-electron chi connectivity index (χ0n) is 11.7. The maximum Gasteiger partial charge on any atom is 0.369 e. The van der Waals surface area contributed by atoms with E-state index in [1.54, 1.807) is 13.3 Å². The van der Waals surface area contributed by atoms with Crippen molar-refractivity contribution in [2.24, 2.45) is 5.16 Å². The Hall–Kier alpha value is -2.34. The minimum absolute atomic E-state index is 0.424. The molecule has 1 saturated heterocycles. The van der Waals surface area contributed by atoms with Gasteiger partial charge in [-0.3, -0.25) is 0 Å². The highest BCUT2D eigenvalue weighted by atomic mass is 16.7. The molecule has 1 fully saturated rings. The number of rotatable bonds is 3. The lowest BCUT2D eigenvalue weighted by molar-refractivity contribution is -0.137. The van der Waals surface area contributed by atoms with Crippen LogP contribution in [0.15, 0.2) is 41.2 Å². The summed E-state index contributed by atoms with van der Waals surface area (Å²) in [4.78, 5) is 18.7. The summed E-state index contributed by atoms with van der Waals surface area (Å²) in [6, 6.07) is 7.36. The van der Waals surface area contributed by atoms with Crippen LogP contribution in [-0.4, -0.2) is 50.0 Å². The van der Waals surface area contributed by atoms with Gasteiger partial charge in [0.2, 0.25) is 0 Å². The van der Waals surface area contributed by atoms with Crippen LogP contribution in [0.3, 0.4) is 0 Å². The normalized spacial score (nSPS) is 20.4. The smallest absolute Gasteiger partial charge is 0.369 e. The van der Waals surface area contributed by atoms with Gasteiger partial charge in [0.15, 0.2) is 0 Å². The highest BCUT2D eigenvalue weighted by Gasteiger charge is 2.28. The summed E-state index contributed by atoms with van der Waals surface area (Å²) < 4.78 is 10.4. The monoisotopic (exact) mass is 288 g/mol. The molecule has 1 aromatic rings. The number of carbonyl (C=O) groups is 1. The third-order valence-corrected chi connectivity index (χ3v) is 3.42. The average Bonchev–Trinajstić information content (AvgIpc) is 2.90. The third kappa shape index (κ3) is 2.90. The second kappa shape index (κ2) is 5.97. The fraction of sp³-hybridized carbons (Fsp3) is 0.333. The van der Waals surface area contributed by atoms with E-state index in [2.05, 4.69) is 5.16 Å². The van der Waals surface area contributed by atoms with E-state index in [4.69, 9.17) is 14.3 Å². The van der Waals surface area contributed by atoms with Crippen molar-refractivity contribution in [3.8, 4) is 5.75 Å². The summed E-state index contributed by atoms with van der Waals surface area (Å²) in [7, 11) is 1.61. The maximum absolute atomic E-state index is 11.9. The number of nitrogens with zero attached hydrogens (tertiary/aromatic N) is 2. The average molecular weight is 288 g/mol. The van der Waals surface area contributed by atoms with Gasteiger partial charge < -0.3 is 19.2 Å². The van der Waals surface area contributed by atoms with E-state index in [1.165, 1.54) is 0 Å². The molecule has 0 radical (unpaired) electrons. The molecule has 2 heterocycles. The van der Waals surface area contributed by atoms with Crippen LogP contribution < -0.4 is 4.74 Å². The fourth-order valence-corrected chi connectivity index (χ4v) is 2.24. The molecule has 2 aliphatic rings. The van der Waals surface area contributed by atoms with Gasteiger partial charge in [0.05, 0.1) is 20.3 Å². The predicted molar refractivity (Wildman–Crippen MR) is 76.1 cm³/mol. The van der Waals surface area contributed by atoms with Gasteiger partial charge in [0.25, 0.3) is 0 Å². The fourth-order valence-electron chi connectivity index (χ4n) is 2.24. The van der Waals surface area contributed by atoms with Crippen molar-refractivity contribution in [1.29, 1.82) is 0 Å². The molecule has 110 valence electrons. The molecule has 2 aliphatic heterocycles. The minimum atomic E-state index is -0.424. The maximum atomic E-state index is 11.9. The first-order valence-electron chi connectivity index (χ1n) is 6.75. The van der Waals surface area contributed by atoms with Crippen LogP contribution in [0.2, 0.25) is 0 Å². The van der Waals surface area contributed by atoms with Gasteiger partial charge in [0.1, 0.15) is 17.0 Å². The summed E-state index contributed by atoms with van der Waals surface area (Å²) in [5, 5.41) is 3.89. The lowest BCUT2D eigenvalue weighted by Gasteiger charge is -2.25. The molecule has 0 spiro atoms. The number of ether oxygens (including phenoxy) is 2. The standard InChI is InChI=1S/C15H16N2O4/c1-19-12-4-2-11(3-5-12)14-13(15(18)21-16-14)10-17-6-8-20-9-7-17/h2-5,10H,6-9H2,1H3/b13-10-. The molecule has 0 atom stereocenters. The van der Waals surface area contributed by atoms with E-state index in [0.29, 0.717) is 24.5 Å². The molecule has 6 heteroatoms. The molecule has 0 saturated carbocycles. The largest absolute Gasteiger partial charge is 0.497 e. The second-order valence-electron chi connectivity index (χ2n) is 4.74. The van der Waals surface area contributed by atoms with Crippen molar-refractivity contribution in [3.05, 3.63) is 41.6 Å². The summed E-state index contributed by atoms with van der Waals surface area (Å²) in [5.74, 6) is 0.329. The minimum Gasteiger partial charge on any atom is -0.497 e. The van der Waals surface area contributed by atoms with Crippen LogP contribution >= 0.6 is 0 Å². The molecular formula is C15H16N2O4. The highest BCUT2D eigenvalue weighted by molar-refractivity contribution is 6.28. The van der Waals surface area contributed by atoms with E-state index in [0.717, 1.165) is 24.4 Å². The number of carbonyl (C=O) groups excluding carboxylic acids is 1. The van der Waals surface area contributed by atoms with Crippen molar-refractivity contribution >= 4 is 11.7 Å². The number of benzene rings is 1. The molecule has 6 nitrogen and oxygen atoms in total. The molecule has 0 unspecified atom stereocenters. The summed E-state index contributed by atoms with van der Waals surface area (Å²) >= 11 is 0. The van der Waals surface area contributed by atoms with Gasteiger partial charge in [-0.05, 0) is 24.3 Å². The molecule has 0 N–H and O–H groups in total. The van der Waals surface area contributed by atoms with E-state index < -0.39 is 5.97 Å². The Kier molecular flexibility index (Phi) is 3.87. The van der Waals surface area contributed by atoms with Crippen molar-refractivity contribution < 1.29 is 19.1 Å². The molecule has 3 rings (SSSR count). The molecule has 21 heavy (non-hydrogen) atoms. The summed E-state index contributed by atoms with van der Waals surface area (Å²) in [6.07, 6.45) is 1.81. The molecule has 1 aromatic carbocycles. The van der Waals surface area contributed by atoms with Gasteiger partial charge in [-0.1, -0.05) is 5.16 Å². The van der Waals surface area contributed by atoms with Crippen LogP contribution in [0.4, 0.5) is 0 Å². The Labute approximate surface area is 122 Å². The van der Waals surface area contributed by atoms with Gasteiger partial charge in [-0.2, -0.15) is 0 Å². The van der Waals surface area contributed by atoms with Crippen LogP contribution in [-0.2, 0) is 14.4 Å². The van der Waals surface area contributed by atoms with Gasteiger partial charge >= 0.3 is 5.97 Å². The number of morpholine rings is 1. The number of oxime groups is 1. The lowest BCUT2D eigenvalue weighted by Crippen LogP contribution is -2.33. The third-order valence-electron chi connectivity index (χ3n) is 3.42. The van der Waals surface area contributed by atoms with Crippen molar-refractivity contribution in [2.45, 2.75) is 0 Å². The first-order chi connectivity index (χ1) is 10.3. The van der Waals surface area contributed by atoms with E-state index >= 15 is 0 Å². The number of methoxy groups -OCH3 is 1. The van der Waals surface area contributed by atoms with Crippen LogP contribution in [0.5, 0.6) is 5.75 Å². The second-order valence-corrected chi connectivity index (χ2v) is 4.74. The molecule has 0 bridgehead atoms. The summed E-state index contributed by atoms with van der Waals surface area (Å²) in [6.45, 7) is 2.83. The first kappa shape index (κ1) is 13.6. The van der Waals surface area contributed by atoms with Crippen LogP contribution in [0.1, 0.15) is 5.56 Å². The molecular weight excluding hydrogens is 272 g/mol. The molecule has 0 aromatic heterocycles. The Bertz CT molecular complexity index is 586.